The number of hydrogen-bond donors (Lipinski definition) is 1. The van der Waals surface area contributed by atoms with Gasteiger partial charge in [-0.15, -0.1) is 0 Å². The minimum atomic E-state index is -0.116. The largest absolute Gasteiger partial charge is 0.341 e. The number of nitrogens with one attached hydrogen (secondary N) is 1. The van der Waals surface area contributed by atoms with E-state index >= 15 is 0 Å². The fraction of sp³-hybridized carbons (Fsp3) is 0.706. The Balaban J connectivity index is 1.47. The van der Waals surface area contributed by atoms with Crippen molar-refractivity contribution in [2.24, 2.45) is 5.92 Å². The first-order valence-electron chi connectivity index (χ1n) is 8.99. The zero-order valence-corrected chi connectivity index (χ0v) is 14.1. The molecule has 1 aromatic rings. The summed E-state index contributed by atoms with van der Waals surface area (Å²) in [5, 5.41) is 7.42. The predicted molar refractivity (Wildman–Crippen MR) is 89.6 cm³/mol. The number of carbonyl (C=O) groups excluding carboxylic acids is 2. The second-order valence-corrected chi connectivity index (χ2v) is 7.31. The quantitative estimate of drug-likeness (QED) is 0.902. The van der Waals surface area contributed by atoms with Gasteiger partial charge in [-0.1, -0.05) is 12.8 Å². The lowest BCUT2D eigenvalue weighted by Crippen LogP contribution is -2.45. The van der Waals surface area contributed by atoms with Crippen molar-refractivity contribution in [2.75, 3.05) is 25.5 Å². The number of carbonyl (C=O) groups is 2. The Morgan fingerprint density at radius 1 is 1.17 bits per heavy atom. The highest BCUT2D eigenvalue weighted by Crippen LogP contribution is 2.32. The first kappa shape index (κ1) is 15.5. The summed E-state index contributed by atoms with van der Waals surface area (Å²) < 4.78 is 1.95. The minimum absolute atomic E-state index is 0.0563. The molecule has 24 heavy (non-hydrogen) atoms. The maximum atomic E-state index is 12.8. The van der Waals surface area contributed by atoms with E-state index in [1.165, 1.54) is 12.8 Å². The molecular formula is C17H25N5O2. The number of fused-ring (bicyclic) bond motifs is 4. The highest BCUT2D eigenvalue weighted by Gasteiger charge is 2.40. The van der Waals surface area contributed by atoms with E-state index in [4.69, 9.17) is 0 Å². The van der Waals surface area contributed by atoms with Crippen LogP contribution >= 0.6 is 0 Å². The SMILES string of the molecule is CN1C(=O)[C@@H]2CC[C@H]1CN(C(=O)Nc1ccnn1C1CCCC1)C2. The van der Waals surface area contributed by atoms with Gasteiger partial charge in [0.1, 0.15) is 5.82 Å². The summed E-state index contributed by atoms with van der Waals surface area (Å²) >= 11 is 0. The first-order chi connectivity index (χ1) is 11.6. The van der Waals surface area contributed by atoms with Crippen molar-refractivity contribution >= 4 is 17.8 Å². The molecule has 1 N–H and O–H groups in total. The van der Waals surface area contributed by atoms with Crippen LogP contribution in [0.2, 0.25) is 0 Å². The smallest absolute Gasteiger partial charge is 0.323 e. The van der Waals surface area contributed by atoms with Crippen molar-refractivity contribution in [1.82, 2.24) is 19.6 Å². The topological polar surface area (TPSA) is 70.5 Å². The van der Waals surface area contributed by atoms with Gasteiger partial charge in [-0.3, -0.25) is 10.1 Å². The molecule has 4 fully saturated rings. The number of urea groups is 1. The van der Waals surface area contributed by atoms with Crippen molar-refractivity contribution in [1.29, 1.82) is 0 Å². The van der Waals surface area contributed by atoms with E-state index in [1.807, 2.05) is 22.7 Å². The molecule has 0 spiro atoms. The molecule has 7 heteroatoms. The van der Waals surface area contributed by atoms with Gasteiger partial charge in [0.15, 0.2) is 0 Å². The lowest BCUT2D eigenvalue weighted by molar-refractivity contribution is -0.138. The van der Waals surface area contributed by atoms with Crippen molar-refractivity contribution in [3.63, 3.8) is 0 Å². The number of likely N-dealkylation sites (N-methyl/N-ethyl adjacent to an activating group) is 1. The van der Waals surface area contributed by atoms with E-state index in [-0.39, 0.29) is 23.9 Å². The predicted octanol–water partition coefficient (Wildman–Crippen LogP) is 2.08. The van der Waals surface area contributed by atoms with E-state index in [1.54, 1.807) is 11.1 Å². The summed E-state index contributed by atoms with van der Waals surface area (Å²) in [5.74, 6) is 0.889. The first-order valence-corrected chi connectivity index (χ1v) is 8.99. The minimum Gasteiger partial charge on any atom is -0.341 e. The third-order valence-corrected chi connectivity index (χ3v) is 5.83. The van der Waals surface area contributed by atoms with Crippen LogP contribution in [-0.4, -0.2) is 57.7 Å². The average molecular weight is 331 g/mol. The van der Waals surface area contributed by atoms with Crippen LogP contribution in [0.1, 0.15) is 44.6 Å². The van der Waals surface area contributed by atoms with E-state index in [9.17, 15) is 9.59 Å². The van der Waals surface area contributed by atoms with E-state index in [0.717, 1.165) is 31.5 Å². The Kier molecular flexibility index (Phi) is 3.94. The van der Waals surface area contributed by atoms with Gasteiger partial charge in [-0.05, 0) is 25.7 Å². The van der Waals surface area contributed by atoms with Gasteiger partial charge in [-0.25, -0.2) is 9.48 Å². The zero-order chi connectivity index (χ0) is 16.7. The molecule has 3 saturated heterocycles. The summed E-state index contributed by atoms with van der Waals surface area (Å²) in [6, 6.07) is 2.28. The van der Waals surface area contributed by atoms with Crippen LogP contribution in [0.5, 0.6) is 0 Å². The van der Waals surface area contributed by atoms with Gasteiger partial charge in [0.05, 0.1) is 18.2 Å². The van der Waals surface area contributed by atoms with Crippen LogP contribution in [0.4, 0.5) is 10.6 Å². The molecule has 4 aliphatic rings. The second-order valence-electron chi connectivity index (χ2n) is 7.31. The number of anilines is 1. The van der Waals surface area contributed by atoms with Crippen molar-refractivity contribution in [2.45, 2.75) is 50.6 Å². The Morgan fingerprint density at radius 3 is 2.75 bits per heavy atom. The highest BCUT2D eigenvalue weighted by molar-refractivity contribution is 5.89. The maximum Gasteiger partial charge on any atom is 0.323 e. The Bertz CT molecular complexity index is 637. The van der Waals surface area contributed by atoms with E-state index in [0.29, 0.717) is 19.1 Å². The molecular weight excluding hydrogens is 306 g/mol. The van der Waals surface area contributed by atoms with Gasteiger partial charge in [0, 0.05) is 32.2 Å². The molecule has 1 aliphatic carbocycles. The molecule has 2 bridgehead atoms. The van der Waals surface area contributed by atoms with Gasteiger partial charge in [0.25, 0.3) is 0 Å². The van der Waals surface area contributed by atoms with E-state index < -0.39 is 0 Å². The van der Waals surface area contributed by atoms with Crippen LogP contribution in [0.3, 0.4) is 0 Å². The second kappa shape index (κ2) is 6.11. The number of amides is 3. The molecule has 1 aromatic heterocycles. The highest BCUT2D eigenvalue weighted by atomic mass is 16.2. The molecule has 0 unspecified atom stereocenters. The number of hydrogen-bond acceptors (Lipinski definition) is 3. The van der Waals surface area contributed by atoms with Crippen molar-refractivity contribution in [3.05, 3.63) is 12.3 Å². The Labute approximate surface area is 142 Å². The molecule has 5 rings (SSSR count). The number of aromatic nitrogens is 2. The lowest BCUT2D eigenvalue weighted by atomic mass is 9.95. The summed E-state index contributed by atoms with van der Waals surface area (Å²) in [6.45, 7) is 1.13. The summed E-state index contributed by atoms with van der Waals surface area (Å²) in [5.41, 5.74) is 0. The Hall–Kier alpha value is -2.05. The van der Waals surface area contributed by atoms with Crippen LogP contribution in [0, 0.1) is 5.92 Å². The normalized spacial score (nSPS) is 27.6. The molecule has 3 amide bonds. The Morgan fingerprint density at radius 2 is 1.96 bits per heavy atom. The average Bonchev–Trinajstić information content (AvgIpc) is 3.17. The number of rotatable bonds is 2. The maximum absolute atomic E-state index is 12.8. The molecule has 130 valence electrons. The fourth-order valence-electron chi connectivity index (χ4n) is 4.36. The van der Waals surface area contributed by atoms with Gasteiger partial charge in [0.2, 0.25) is 5.91 Å². The third kappa shape index (κ3) is 2.65. The van der Waals surface area contributed by atoms with Gasteiger partial charge in [-0.2, -0.15) is 5.10 Å². The third-order valence-electron chi connectivity index (χ3n) is 5.83. The molecule has 2 atom stereocenters. The standard InChI is InChI=1S/C17H25N5O2/c1-20-14-7-6-12(16(20)23)10-21(11-14)17(24)19-15-8-9-18-22(15)13-4-2-3-5-13/h8-9,12-14H,2-7,10-11H2,1H3,(H,19,24)/t12-,14+/m1/s1. The molecule has 4 heterocycles. The summed E-state index contributed by atoms with van der Waals surface area (Å²) in [4.78, 5) is 28.7. The zero-order valence-electron chi connectivity index (χ0n) is 14.1. The van der Waals surface area contributed by atoms with Crippen LogP contribution in [-0.2, 0) is 4.79 Å². The van der Waals surface area contributed by atoms with Gasteiger partial charge >= 0.3 is 6.03 Å². The number of nitrogens with zero attached hydrogens (tertiary/aromatic N) is 4. The van der Waals surface area contributed by atoms with Crippen LogP contribution < -0.4 is 5.32 Å². The van der Waals surface area contributed by atoms with E-state index in [2.05, 4.69) is 10.4 Å². The monoisotopic (exact) mass is 331 g/mol. The summed E-state index contributed by atoms with van der Waals surface area (Å²) in [7, 11) is 1.86. The van der Waals surface area contributed by atoms with Crippen LogP contribution in [0.15, 0.2) is 12.3 Å². The summed E-state index contributed by atoms with van der Waals surface area (Å²) in [6.07, 6.45) is 8.31. The fourth-order valence-corrected chi connectivity index (χ4v) is 4.36. The molecule has 7 nitrogen and oxygen atoms in total. The lowest BCUT2D eigenvalue weighted by Gasteiger charge is -2.32. The molecule has 0 aromatic carbocycles. The van der Waals surface area contributed by atoms with Crippen molar-refractivity contribution in [3.8, 4) is 0 Å². The van der Waals surface area contributed by atoms with Gasteiger partial charge < -0.3 is 9.80 Å². The molecule has 0 radical (unpaired) electrons. The molecule has 3 aliphatic heterocycles. The van der Waals surface area contributed by atoms with Crippen molar-refractivity contribution < 1.29 is 9.59 Å². The molecule has 1 saturated carbocycles. The number of piperidine rings is 1. The van der Waals surface area contributed by atoms with Crippen LogP contribution in [0.25, 0.3) is 0 Å².